The Bertz CT molecular complexity index is 245. The van der Waals surface area contributed by atoms with E-state index in [9.17, 15) is 0 Å². The second-order valence-corrected chi connectivity index (χ2v) is 5.58. The van der Waals surface area contributed by atoms with E-state index in [0.29, 0.717) is 0 Å². The first-order valence-corrected chi connectivity index (χ1v) is 8.86. The lowest BCUT2D eigenvalue weighted by Crippen LogP contribution is -1.77. The van der Waals surface area contributed by atoms with Crippen LogP contribution in [0.2, 0.25) is 0 Å². The van der Waals surface area contributed by atoms with Gasteiger partial charge in [-0.1, -0.05) is 95.2 Å². The Balaban J connectivity index is 3.24. The van der Waals surface area contributed by atoms with Gasteiger partial charge >= 0.3 is 0 Å². The van der Waals surface area contributed by atoms with E-state index < -0.39 is 0 Å². The third-order valence-corrected chi connectivity index (χ3v) is 3.49. The second-order valence-electron chi connectivity index (χ2n) is 5.58. The fourth-order valence-corrected chi connectivity index (χ4v) is 2.14. The van der Waals surface area contributed by atoms with Crippen LogP contribution in [0.5, 0.6) is 0 Å². The lowest BCUT2D eigenvalue weighted by atomic mass is 10.1. The van der Waals surface area contributed by atoms with Crippen molar-refractivity contribution in [2.75, 3.05) is 0 Å². The number of hydrogen-bond donors (Lipinski definition) is 0. The zero-order valence-electron chi connectivity index (χ0n) is 13.9. The molecule has 0 N–H and O–H groups in total. The first-order valence-electron chi connectivity index (χ1n) is 8.86. The summed E-state index contributed by atoms with van der Waals surface area (Å²) in [5.41, 5.74) is 0. The van der Waals surface area contributed by atoms with Crippen LogP contribution in [0.3, 0.4) is 0 Å². The molecule has 0 aliphatic rings. The summed E-state index contributed by atoms with van der Waals surface area (Å²) in [6.45, 7) is 4.52. The predicted molar refractivity (Wildman–Crippen MR) is 94.2 cm³/mol. The maximum absolute atomic E-state index is 2.35. The molecule has 0 aromatic rings. The fourth-order valence-electron chi connectivity index (χ4n) is 2.14. The van der Waals surface area contributed by atoms with Crippen molar-refractivity contribution in [3.8, 4) is 0 Å². The monoisotopic (exact) mass is 276 g/mol. The van der Waals surface area contributed by atoms with Crippen LogP contribution < -0.4 is 0 Å². The molecule has 0 heterocycles. The molecule has 0 fully saturated rings. The number of unbranched alkanes of at least 4 members (excludes halogenated alkanes) is 8. The SMILES string of the molecule is CCCC/C=C/C/C=C/C/C=C/CCCCCCCC. The van der Waals surface area contributed by atoms with Gasteiger partial charge in [0.15, 0.2) is 0 Å². The first-order chi connectivity index (χ1) is 9.91. The highest BCUT2D eigenvalue weighted by molar-refractivity contribution is 4.97. The molecule has 0 nitrogen and oxygen atoms in total. The Labute approximate surface area is 128 Å². The Morgan fingerprint density at radius 2 is 0.900 bits per heavy atom. The molecule has 0 saturated carbocycles. The summed E-state index contributed by atoms with van der Waals surface area (Å²) in [5.74, 6) is 0. The van der Waals surface area contributed by atoms with E-state index in [-0.39, 0.29) is 0 Å². The molecule has 0 spiro atoms. The van der Waals surface area contributed by atoms with E-state index in [1.54, 1.807) is 0 Å². The predicted octanol–water partition coefficient (Wildman–Crippen LogP) is 7.38. The van der Waals surface area contributed by atoms with Gasteiger partial charge in [0, 0.05) is 0 Å². The Morgan fingerprint density at radius 3 is 1.50 bits per heavy atom. The van der Waals surface area contributed by atoms with Crippen molar-refractivity contribution < 1.29 is 0 Å². The average molecular weight is 277 g/mol. The molecule has 0 aliphatic carbocycles. The van der Waals surface area contributed by atoms with E-state index in [2.05, 4.69) is 50.3 Å². The minimum absolute atomic E-state index is 1.09. The quantitative estimate of drug-likeness (QED) is 0.229. The highest BCUT2D eigenvalue weighted by Crippen LogP contribution is 2.07. The maximum atomic E-state index is 2.35. The largest absolute Gasteiger partial charge is 0.0882 e. The third-order valence-electron chi connectivity index (χ3n) is 3.49. The summed E-state index contributed by atoms with van der Waals surface area (Å²) in [4.78, 5) is 0. The Kier molecular flexibility index (Phi) is 17.5. The molecule has 0 radical (unpaired) electrons. The van der Waals surface area contributed by atoms with Crippen LogP contribution in [0.25, 0.3) is 0 Å². The molecule has 0 aromatic carbocycles. The zero-order chi connectivity index (χ0) is 14.7. The van der Waals surface area contributed by atoms with Crippen LogP contribution in [-0.2, 0) is 0 Å². The van der Waals surface area contributed by atoms with Crippen molar-refractivity contribution in [3.63, 3.8) is 0 Å². The third kappa shape index (κ3) is 17.2. The minimum Gasteiger partial charge on any atom is -0.0882 e. The van der Waals surface area contributed by atoms with Crippen LogP contribution >= 0.6 is 0 Å². The molecule has 0 atom stereocenters. The Hall–Kier alpha value is -0.780. The van der Waals surface area contributed by atoms with Crippen molar-refractivity contribution >= 4 is 0 Å². The summed E-state index contributed by atoms with van der Waals surface area (Å²) >= 11 is 0. The normalized spacial score (nSPS) is 12.3. The van der Waals surface area contributed by atoms with Crippen LogP contribution in [0.15, 0.2) is 36.5 Å². The first kappa shape index (κ1) is 19.2. The average Bonchev–Trinajstić information content (AvgIpc) is 2.47. The van der Waals surface area contributed by atoms with Gasteiger partial charge in [-0.25, -0.2) is 0 Å². The number of hydrogen-bond acceptors (Lipinski definition) is 0. The van der Waals surface area contributed by atoms with Crippen LogP contribution in [-0.4, -0.2) is 0 Å². The van der Waals surface area contributed by atoms with Crippen molar-refractivity contribution in [2.24, 2.45) is 0 Å². The molecule has 0 unspecified atom stereocenters. The van der Waals surface area contributed by atoms with Crippen molar-refractivity contribution in [3.05, 3.63) is 36.5 Å². The van der Waals surface area contributed by atoms with E-state index >= 15 is 0 Å². The number of rotatable bonds is 14. The molecule has 0 aliphatic heterocycles. The molecule has 0 bridgehead atoms. The van der Waals surface area contributed by atoms with Gasteiger partial charge in [-0.05, 0) is 32.1 Å². The highest BCUT2D eigenvalue weighted by atomic mass is 13.9. The fraction of sp³-hybridized carbons (Fsp3) is 0.700. The van der Waals surface area contributed by atoms with Gasteiger partial charge in [-0.3, -0.25) is 0 Å². The molecule has 0 aromatic heterocycles. The van der Waals surface area contributed by atoms with E-state index in [1.807, 2.05) is 0 Å². The molecule has 0 heteroatoms. The summed E-state index contributed by atoms with van der Waals surface area (Å²) in [7, 11) is 0. The van der Waals surface area contributed by atoms with Crippen LogP contribution in [0.1, 0.15) is 90.9 Å². The summed E-state index contributed by atoms with van der Waals surface area (Å²) in [5, 5.41) is 0. The van der Waals surface area contributed by atoms with E-state index in [1.165, 1.54) is 64.2 Å². The van der Waals surface area contributed by atoms with Crippen molar-refractivity contribution in [1.29, 1.82) is 0 Å². The van der Waals surface area contributed by atoms with E-state index in [0.717, 1.165) is 12.8 Å². The summed E-state index contributed by atoms with van der Waals surface area (Å²) in [6, 6.07) is 0. The lowest BCUT2D eigenvalue weighted by molar-refractivity contribution is 0.611. The minimum atomic E-state index is 1.09. The summed E-state index contributed by atoms with van der Waals surface area (Å²) < 4.78 is 0. The standard InChI is InChI=1S/C20H36/c1-3-5-7-9-11-13-15-17-19-20-18-16-14-12-10-8-6-4-2/h9,11,15,17-18,20H,3-8,10,12-14,16,19H2,1-2H3/b11-9+,17-15+,20-18+. The smallest absolute Gasteiger partial charge is 0.0169 e. The molecule has 0 amide bonds. The molecular weight excluding hydrogens is 240 g/mol. The van der Waals surface area contributed by atoms with Crippen molar-refractivity contribution in [1.82, 2.24) is 0 Å². The molecule has 116 valence electrons. The van der Waals surface area contributed by atoms with Gasteiger partial charge in [-0.15, -0.1) is 0 Å². The van der Waals surface area contributed by atoms with E-state index in [4.69, 9.17) is 0 Å². The van der Waals surface area contributed by atoms with Crippen LogP contribution in [0.4, 0.5) is 0 Å². The highest BCUT2D eigenvalue weighted by Gasteiger charge is 1.87. The molecular formula is C20H36. The van der Waals surface area contributed by atoms with Crippen molar-refractivity contribution in [2.45, 2.75) is 90.9 Å². The van der Waals surface area contributed by atoms with Crippen LogP contribution in [0, 0.1) is 0 Å². The Morgan fingerprint density at radius 1 is 0.450 bits per heavy atom. The summed E-state index contributed by atoms with van der Waals surface area (Å²) in [6.07, 6.45) is 29.5. The molecule has 0 saturated heterocycles. The van der Waals surface area contributed by atoms with Gasteiger partial charge in [0.25, 0.3) is 0 Å². The second kappa shape index (κ2) is 18.2. The van der Waals surface area contributed by atoms with Gasteiger partial charge in [0.05, 0.1) is 0 Å². The number of allylic oxidation sites excluding steroid dienone is 6. The maximum Gasteiger partial charge on any atom is -0.0169 e. The topological polar surface area (TPSA) is 0 Å². The van der Waals surface area contributed by atoms with Gasteiger partial charge in [0.2, 0.25) is 0 Å². The molecule has 0 rings (SSSR count). The van der Waals surface area contributed by atoms with Gasteiger partial charge in [-0.2, -0.15) is 0 Å². The lowest BCUT2D eigenvalue weighted by Gasteiger charge is -1.97. The van der Waals surface area contributed by atoms with Gasteiger partial charge in [0.1, 0.15) is 0 Å². The van der Waals surface area contributed by atoms with Gasteiger partial charge < -0.3 is 0 Å². The zero-order valence-corrected chi connectivity index (χ0v) is 13.9. The molecule has 20 heavy (non-hydrogen) atoms.